The summed E-state index contributed by atoms with van der Waals surface area (Å²) in [5.41, 5.74) is 2.58. The predicted octanol–water partition coefficient (Wildman–Crippen LogP) is 3.28. The van der Waals surface area contributed by atoms with Gasteiger partial charge in [-0.1, -0.05) is 32.9 Å². The molecule has 3 heteroatoms. The van der Waals surface area contributed by atoms with Crippen molar-refractivity contribution in [1.82, 2.24) is 0 Å². The number of carboxylic acid groups (broad SMARTS) is 1. The van der Waals surface area contributed by atoms with Crippen LogP contribution in [0.3, 0.4) is 0 Å². The number of nitrogens with zero attached hydrogens (tertiary/aromatic N) is 1. The van der Waals surface area contributed by atoms with Gasteiger partial charge in [-0.25, -0.2) is 0 Å². The summed E-state index contributed by atoms with van der Waals surface area (Å²) >= 11 is 0. The largest absolute Gasteiger partial charge is 0.481 e. The van der Waals surface area contributed by atoms with Crippen molar-refractivity contribution in [2.45, 2.75) is 45.6 Å². The number of carbonyl (C=O) groups is 1. The normalized spacial score (nSPS) is 23.7. The number of benzene rings is 1. The Hall–Kier alpha value is -1.51. The number of rotatable bonds is 2. The van der Waals surface area contributed by atoms with Crippen LogP contribution in [0.5, 0.6) is 0 Å². The molecule has 0 radical (unpaired) electrons. The summed E-state index contributed by atoms with van der Waals surface area (Å²) in [6.45, 7) is 9.42. The molecule has 0 amide bonds. The van der Waals surface area contributed by atoms with Gasteiger partial charge >= 0.3 is 5.97 Å². The van der Waals surface area contributed by atoms with Gasteiger partial charge in [0.1, 0.15) is 0 Å². The maximum Gasteiger partial charge on any atom is 0.308 e. The Morgan fingerprint density at radius 3 is 2.26 bits per heavy atom. The van der Waals surface area contributed by atoms with Gasteiger partial charge in [0.05, 0.1) is 5.92 Å². The second-order valence-corrected chi connectivity index (χ2v) is 6.46. The van der Waals surface area contributed by atoms with Crippen molar-refractivity contribution in [3.63, 3.8) is 0 Å². The molecule has 1 aromatic carbocycles. The first-order valence-corrected chi connectivity index (χ1v) is 6.90. The molecule has 3 nitrogen and oxygen atoms in total. The van der Waals surface area contributed by atoms with Gasteiger partial charge in [-0.3, -0.25) is 4.79 Å². The van der Waals surface area contributed by atoms with Crippen molar-refractivity contribution < 1.29 is 9.90 Å². The minimum atomic E-state index is -0.679. The molecule has 2 rings (SSSR count). The molecule has 1 aromatic rings. The Morgan fingerprint density at radius 1 is 1.26 bits per heavy atom. The number of carboxylic acids is 1. The molecule has 2 unspecified atom stereocenters. The third kappa shape index (κ3) is 2.75. The molecule has 2 atom stereocenters. The zero-order valence-corrected chi connectivity index (χ0v) is 12.2. The highest BCUT2D eigenvalue weighted by Crippen LogP contribution is 2.31. The van der Waals surface area contributed by atoms with Crippen LogP contribution < -0.4 is 4.90 Å². The highest BCUT2D eigenvalue weighted by Gasteiger charge is 2.35. The SMILES string of the molecule is CC1C(C(=O)O)CCN1c1ccc(C(C)(C)C)cc1. The molecule has 0 saturated carbocycles. The lowest BCUT2D eigenvalue weighted by molar-refractivity contribution is -0.141. The number of anilines is 1. The second kappa shape index (κ2) is 4.87. The van der Waals surface area contributed by atoms with Crippen molar-refractivity contribution in [2.24, 2.45) is 5.92 Å². The first kappa shape index (κ1) is 13.9. The third-order valence-electron chi connectivity index (χ3n) is 4.14. The Labute approximate surface area is 115 Å². The minimum absolute atomic E-state index is 0.0676. The minimum Gasteiger partial charge on any atom is -0.481 e. The molecule has 1 aliphatic heterocycles. The van der Waals surface area contributed by atoms with Crippen LogP contribution in [0.4, 0.5) is 5.69 Å². The fourth-order valence-electron chi connectivity index (χ4n) is 2.79. The van der Waals surface area contributed by atoms with E-state index in [4.69, 9.17) is 0 Å². The summed E-state index contributed by atoms with van der Waals surface area (Å²) in [5, 5.41) is 9.17. The van der Waals surface area contributed by atoms with E-state index < -0.39 is 5.97 Å². The highest BCUT2D eigenvalue weighted by molar-refractivity contribution is 5.73. The number of aliphatic carboxylic acids is 1. The zero-order chi connectivity index (χ0) is 14.2. The summed E-state index contributed by atoms with van der Waals surface area (Å²) in [4.78, 5) is 13.3. The molecule has 0 aromatic heterocycles. The van der Waals surface area contributed by atoms with Gasteiger partial charge < -0.3 is 10.0 Å². The van der Waals surface area contributed by atoms with Gasteiger partial charge in [-0.05, 0) is 36.5 Å². The maximum atomic E-state index is 11.1. The first-order valence-electron chi connectivity index (χ1n) is 6.90. The van der Waals surface area contributed by atoms with Gasteiger partial charge in [0, 0.05) is 18.3 Å². The van der Waals surface area contributed by atoms with E-state index in [1.807, 2.05) is 6.92 Å². The Morgan fingerprint density at radius 2 is 1.84 bits per heavy atom. The first-order chi connectivity index (χ1) is 8.80. The van der Waals surface area contributed by atoms with Gasteiger partial charge in [-0.15, -0.1) is 0 Å². The molecule has 0 spiro atoms. The molecule has 1 aliphatic rings. The third-order valence-corrected chi connectivity index (χ3v) is 4.14. The van der Waals surface area contributed by atoms with Crippen molar-refractivity contribution in [2.75, 3.05) is 11.4 Å². The molecule has 1 heterocycles. The monoisotopic (exact) mass is 261 g/mol. The van der Waals surface area contributed by atoms with Crippen LogP contribution >= 0.6 is 0 Å². The van der Waals surface area contributed by atoms with Crippen molar-refractivity contribution >= 4 is 11.7 Å². The van der Waals surface area contributed by atoms with E-state index in [0.29, 0.717) is 0 Å². The van der Waals surface area contributed by atoms with E-state index in [1.54, 1.807) is 0 Å². The Bertz CT molecular complexity index is 459. The van der Waals surface area contributed by atoms with Crippen LogP contribution in [0.25, 0.3) is 0 Å². The fraction of sp³-hybridized carbons (Fsp3) is 0.562. The average molecular weight is 261 g/mol. The van der Waals surface area contributed by atoms with Crippen LogP contribution in [0.15, 0.2) is 24.3 Å². The number of hydrogen-bond donors (Lipinski definition) is 1. The summed E-state index contributed by atoms with van der Waals surface area (Å²) in [5.74, 6) is -0.927. The molecule has 1 N–H and O–H groups in total. The second-order valence-electron chi connectivity index (χ2n) is 6.46. The standard InChI is InChI=1S/C16H23NO2/c1-11-14(15(18)19)9-10-17(11)13-7-5-12(6-8-13)16(2,3)4/h5-8,11,14H,9-10H2,1-4H3,(H,18,19). The lowest BCUT2D eigenvalue weighted by Gasteiger charge is -2.27. The van der Waals surface area contributed by atoms with E-state index >= 15 is 0 Å². The van der Waals surface area contributed by atoms with Gasteiger partial charge in [-0.2, -0.15) is 0 Å². The summed E-state index contributed by atoms with van der Waals surface area (Å²) < 4.78 is 0. The van der Waals surface area contributed by atoms with E-state index in [1.165, 1.54) is 5.56 Å². The zero-order valence-electron chi connectivity index (χ0n) is 12.2. The molecule has 19 heavy (non-hydrogen) atoms. The molecule has 0 bridgehead atoms. The molecule has 1 saturated heterocycles. The van der Waals surface area contributed by atoms with Crippen LogP contribution in [-0.4, -0.2) is 23.7 Å². The number of hydrogen-bond acceptors (Lipinski definition) is 2. The van der Waals surface area contributed by atoms with E-state index in [9.17, 15) is 9.90 Å². The summed E-state index contributed by atoms with van der Waals surface area (Å²) in [6, 6.07) is 8.59. The van der Waals surface area contributed by atoms with Crippen LogP contribution in [0, 0.1) is 5.92 Å². The van der Waals surface area contributed by atoms with Gasteiger partial charge in [0.15, 0.2) is 0 Å². The lowest BCUT2D eigenvalue weighted by Crippen LogP contribution is -2.32. The van der Waals surface area contributed by atoms with E-state index in [0.717, 1.165) is 18.7 Å². The van der Waals surface area contributed by atoms with Crippen molar-refractivity contribution in [3.8, 4) is 0 Å². The fourth-order valence-corrected chi connectivity index (χ4v) is 2.79. The van der Waals surface area contributed by atoms with Gasteiger partial charge in [0.25, 0.3) is 0 Å². The quantitative estimate of drug-likeness (QED) is 0.888. The van der Waals surface area contributed by atoms with E-state index in [-0.39, 0.29) is 17.4 Å². The summed E-state index contributed by atoms with van der Waals surface area (Å²) in [7, 11) is 0. The molecular weight excluding hydrogens is 238 g/mol. The van der Waals surface area contributed by atoms with Crippen LogP contribution in [-0.2, 0) is 10.2 Å². The van der Waals surface area contributed by atoms with Crippen LogP contribution in [0.2, 0.25) is 0 Å². The lowest BCUT2D eigenvalue weighted by atomic mass is 9.87. The highest BCUT2D eigenvalue weighted by atomic mass is 16.4. The van der Waals surface area contributed by atoms with Crippen LogP contribution in [0.1, 0.15) is 39.7 Å². The van der Waals surface area contributed by atoms with Crippen molar-refractivity contribution in [3.05, 3.63) is 29.8 Å². The summed E-state index contributed by atoms with van der Waals surface area (Å²) in [6.07, 6.45) is 0.734. The molecule has 0 aliphatic carbocycles. The molecular formula is C16H23NO2. The predicted molar refractivity (Wildman–Crippen MR) is 77.7 cm³/mol. The molecule has 1 fully saturated rings. The molecule has 104 valence electrons. The average Bonchev–Trinajstić information content (AvgIpc) is 2.70. The van der Waals surface area contributed by atoms with Gasteiger partial charge in [0.2, 0.25) is 0 Å². The van der Waals surface area contributed by atoms with Crippen molar-refractivity contribution in [1.29, 1.82) is 0 Å². The Kier molecular flexibility index (Phi) is 3.57. The Balaban J connectivity index is 2.18. The topological polar surface area (TPSA) is 40.5 Å². The van der Waals surface area contributed by atoms with E-state index in [2.05, 4.69) is 49.9 Å². The maximum absolute atomic E-state index is 11.1. The smallest absolute Gasteiger partial charge is 0.308 e.